The van der Waals surface area contributed by atoms with Gasteiger partial charge in [-0.1, -0.05) is 6.92 Å². The van der Waals surface area contributed by atoms with Gasteiger partial charge in [-0.05, 0) is 18.8 Å². The third-order valence-electron chi connectivity index (χ3n) is 2.91. The standard InChI is InChI=1S/C11H20N2O3/c1-3-5-12(2)11(16)13-6-4-9(8-13)7-10(14)15/h9H,3-8H2,1-2H3,(H,14,15). The fourth-order valence-corrected chi connectivity index (χ4v) is 2.09. The first-order valence-corrected chi connectivity index (χ1v) is 5.76. The van der Waals surface area contributed by atoms with Crippen LogP contribution in [0.5, 0.6) is 0 Å². The van der Waals surface area contributed by atoms with Gasteiger partial charge in [-0.25, -0.2) is 4.79 Å². The molecule has 5 heteroatoms. The van der Waals surface area contributed by atoms with Gasteiger partial charge in [0.15, 0.2) is 0 Å². The van der Waals surface area contributed by atoms with E-state index in [0.29, 0.717) is 13.1 Å². The zero-order chi connectivity index (χ0) is 12.1. The van der Waals surface area contributed by atoms with Crippen LogP contribution in [-0.2, 0) is 4.79 Å². The number of amides is 2. The van der Waals surface area contributed by atoms with E-state index in [1.807, 2.05) is 6.92 Å². The van der Waals surface area contributed by atoms with Crippen molar-refractivity contribution in [1.29, 1.82) is 0 Å². The summed E-state index contributed by atoms with van der Waals surface area (Å²) < 4.78 is 0. The highest BCUT2D eigenvalue weighted by Crippen LogP contribution is 2.20. The Hall–Kier alpha value is -1.26. The molecule has 0 bridgehead atoms. The number of carbonyl (C=O) groups is 2. The minimum absolute atomic E-state index is 0.0229. The smallest absolute Gasteiger partial charge is 0.319 e. The molecule has 16 heavy (non-hydrogen) atoms. The van der Waals surface area contributed by atoms with Gasteiger partial charge in [0.1, 0.15) is 0 Å². The Balaban J connectivity index is 2.40. The molecule has 1 N–H and O–H groups in total. The number of hydrogen-bond acceptors (Lipinski definition) is 2. The summed E-state index contributed by atoms with van der Waals surface area (Å²) in [6.07, 6.45) is 1.91. The van der Waals surface area contributed by atoms with E-state index in [4.69, 9.17) is 5.11 Å². The lowest BCUT2D eigenvalue weighted by Crippen LogP contribution is -2.40. The van der Waals surface area contributed by atoms with Gasteiger partial charge in [-0.3, -0.25) is 4.79 Å². The van der Waals surface area contributed by atoms with Gasteiger partial charge in [0.2, 0.25) is 0 Å². The number of aliphatic carboxylic acids is 1. The number of carboxylic acids is 1. The van der Waals surface area contributed by atoms with E-state index < -0.39 is 5.97 Å². The van der Waals surface area contributed by atoms with E-state index in [1.165, 1.54) is 0 Å². The zero-order valence-electron chi connectivity index (χ0n) is 9.98. The first-order valence-electron chi connectivity index (χ1n) is 5.76. The Kier molecular flexibility index (Phi) is 4.58. The van der Waals surface area contributed by atoms with Crippen molar-refractivity contribution in [1.82, 2.24) is 9.80 Å². The summed E-state index contributed by atoms with van der Waals surface area (Å²) >= 11 is 0. The van der Waals surface area contributed by atoms with Crippen LogP contribution in [0.4, 0.5) is 4.79 Å². The van der Waals surface area contributed by atoms with Crippen LogP contribution < -0.4 is 0 Å². The molecular weight excluding hydrogens is 208 g/mol. The van der Waals surface area contributed by atoms with E-state index in [9.17, 15) is 9.59 Å². The van der Waals surface area contributed by atoms with Crippen LogP contribution in [0.15, 0.2) is 0 Å². The Morgan fingerprint density at radius 1 is 1.50 bits per heavy atom. The molecule has 0 aromatic rings. The van der Waals surface area contributed by atoms with Gasteiger partial charge in [0, 0.05) is 33.1 Å². The van der Waals surface area contributed by atoms with E-state index in [1.54, 1.807) is 16.8 Å². The maximum absolute atomic E-state index is 11.9. The highest BCUT2D eigenvalue weighted by atomic mass is 16.4. The quantitative estimate of drug-likeness (QED) is 0.787. The molecular formula is C11H20N2O3. The van der Waals surface area contributed by atoms with Crippen LogP contribution in [0.1, 0.15) is 26.2 Å². The maximum atomic E-state index is 11.9. The molecule has 0 radical (unpaired) electrons. The molecule has 1 aliphatic heterocycles. The minimum atomic E-state index is -0.777. The predicted octanol–water partition coefficient (Wildman–Crippen LogP) is 1.24. The number of nitrogens with zero attached hydrogens (tertiary/aromatic N) is 2. The zero-order valence-corrected chi connectivity index (χ0v) is 9.98. The second kappa shape index (κ2) is 5.72. The third kappa shape index (κ3) is 3.40. The lowest BCUT2D eigenvalue weighted by atomic mass is 10.1. The molecule has 92 valence electrons. The van der Waals surface area contributed by atoms with Crippen LogP contribution in [-0.4, -0.2) is 53.6 Å². The second-order valence-corrected chi connectivity index (χ2v) is 4.40. The first kappa shape index (κ1) is 12.8. The normalized spacial score (nSPS) is 19.9. The molecule has 0 saturated carbocycles. The summed E-state index contributed by atoms with van der Waals surface area (Å²) in [4.78, 5) is 25.9. The van der Waals surface area contributed by atoms with E-state index in [-0.39, 0.29) is 18.4 Å². The molecule has 1 rings (SSSR count). The van der Waals surface area contributed by atoms with E-state index >= 15 is 0 Å². The van der Waals surface area contributed by atoms with Crippen molar-refractivity contribution in [2.45, 2.75) is 26.2 Å². The molecule has 1 saturated heterocycles. The van der Waals surface area contributed by atoms with Crippen molar-refractivity contribution in [2.24, 2.45) is 5.92 Å². The number of carboxylic acid groups (broad SMARTS) is 1. The lowest BCUT2D eigenvalue weighted by Gasteiger charge is -2.24. The van der Waals surface area contributed by atoms with Gasteiger partial charge in [-0.2, -0.15) is 0 Å². The second-order valence-electron chi connectivity index (χ2n) is 4.40. The molecule has 1 heterocycles. The monoisotopic (exact) mass is 228 g/mol. The molecule has 1 atom stereocenters. The summed E-state index contributed by atoms with van der Waals surface area (Å²) in [5.41, 5.74) is 0. The highest BCUT2D eigenvalue weighted by Gasteiger charge is 2.28. The summed E-state index contributed by atoms with van der Waals surface area (Å²) in [5.74, 6) is -0.655. The minimum Gasteiger partial charge on any atom is -0.481 e. The first-order chi connectivity index (χ1) is 7.54. The summed E-state index contributed by atoms with van der Waals surface area (Å²) in [7, 11) is 1.79. The fourth-order valence-electron chi connectivity index (χ4n) is 2.09. The molecule has 1 aliphatic rings. The summed E-state index contributed by atoms with van der Waals surface area (Å²) in [6.45, 7) is 4.05. The van der Waals surface area contributed by atoms with Gasteiger partial charge >= 0.3 is 12.0 Å². The Bertz CT molecular complexity index is 268. The molecule has 1 unspecified atom stereocenters. The summed E-state index contributed by atoms with van der Waals surface area (Å²) in [5, 5.41) is 8.68. The molecule has 0 aromatic heterocycles. The van der Waals surface area contributed by atoms with Gasteiger partial charge in [-0.15, -0.1) is 0 Å². The Morgan fingerprint density at radius 2 is 2.19 bits per heavy atom. The average molecular weight is 228 g/mol. The van der Waals surface area contributed by atoms with Crippen LogP contribution in [0.2, 0.25) is 0 Å². The number of likely N-dealkylation sites (tertiary alicyclic amines) is 1. The third-order valence-corrected chi connectivity index (χ3v) is 2.91. The summed E-state index contributed by atoms with van der Waals surface area (Å²) in [6, 6.07) is 0.0229. The Morgan fingerprint density at radius 3 is 2.75 bits per heavy atom. The molecule has 0 aromatic carbocycles. The van der Waals surface area contributed by atoms with Crippen LogP contribution in [0, 0.1) is 5.92 Å². The molecule has 2 amide bonds. The van der Waals surface area contributed by atoms with Crippen molar-refractivity contribution in [3.63, 3.8) is 0 Å². The maximum Gasteiger partial charge on any atom is 0.319 e. The van der Waals surface area contributed by atoms with E-state index in [0.717, 1.165) is 19.4 Å². The SMILES string of the molecule is CCCN(C)C(=O)N1CCC(CC(=O)O)C1. The average Bonchev–Trinajstić information content (AvgIpc) is 2.64. The van der Waals surface area contributed by atoms with Crippen molar-refractivity contribution in [3.05, 3.63) is 0 Å². The molecule has 0 aliphatic carbocycles. The van der Waals surface area contributed by atoms with Crippen LogP contribution in [0.3, 0.4) is 0 Å². The van der Waals surface area contributed by atoms with E-state index in [2.05, 4.69) is 0 Å². The Labute approximate surface area is 96.0 Å². The van der Waals surface area contributed by atoms with Gasteiger partial charge in [0.25, 0.3) is 0 Å². The number of hydrogen-bond donors (Lipinski definition) is 1. The number of rotatable bonds is 4. The molecule has 1 fully saturated rings. The fraction of sp³-hybridized carbons (Fsp3) is 0.818. The predicted molar refractivity (Wildman–Crippen MR) is 60.2 cm³/mol. The molecule has 5 nitrogen and oxygen atoms in total. The number of carbonyl (C=O) groups excluding carboxylic acids is 1. The van der Waals surface area contributed by atoms with Crippen molar-refractivity contribution < 1.29 is 14.7 Å². The van der Waals surface area contributed by atoms with Crippen LogP contribution in [0.25, 0.3) is 0 Å². The largest absolute Gasteiger partial charge is 0.481 e. The van der Waals surface area contributed by atoms with Crippen molar-refractivity contribution in [3.8, 4) is 0 Å². The van der Waals surface area contributed by atoms with Crippen molar-refractivity contribution >= 4 is 12.0 Å². The lowest BCUT2D eigenvalue weighted by molar-refractivity contribution is -0.138. The molecule has 0 spiro atoms. The van der Waals surface area contributed by atoms with Gasteiger partial charge in [0.05, 0.1) is 0 Å². The topological polar surface area (TPSA) is 60.9 Å². The van der Waals surface area contributed by atoms with Crippen molar-refractivity contribution in [2.75, 3.05) is 26.7 Å². The van der Waals surface area contributed by atoms with Crippen LogP contribution >= 0.6 is 0 Å². The highest BCUT2D eigenvalue weighted by molar-refractivity contribution is 5.74. The number of urea groups is 1. The van der Waals surface area contributed by atoms with Gasteiger partial charge < -0.3 is 14.9 Å².